The maximum Gasteiger partial charge on any atom is 0.247 e. The molecule has 0 fully saturated rings. The normalized spacial score (nSPS) is 15.3. The number of H-pyrrole nitrogens is 1. The molecule has 2 heterocycles. The third-order valence-corrected chi connectivity index (χ3v) is 5.82. The maximum absolute atomic E-state index is 14.7. The van der Waals surface area contributed by atoms with Gasteiger partial charge in [-0.1, -0.05) is 13.0 Å². The van der Waals surface area contributed by atoms with E-state index in [1.807, 2.05) is 6.92 Å². The van der Waals surface area contributed by atoms with Crippen molar-refractivity contribution in [3.8, 4) is 12.3 Å². The Kier molecular flexibility index (Phi) is 8.10. The van der Waals surface area contributed by atoms with E-state index in [4.69, 9.17) is 6.42 Å². The fourth-order valence-electron chi connectivity index (χ4n) is 3.87. The molecule has 10 heteroatoms. The number of nitrogens with one attached hydrogen (secondary N) is 2. The van der Waals surface area contributed by atoms with E-state index in [-0.39, 0.29) is 12.0 Å². The zero-order valence-electron chi connectivity index (χ0n) is 19.2. The van der Waals surface area contributed by atoms with E-state index in [1.165, 1.54) is 23.4 Å². The van der Waals surface area contributed by atoms with Crippen LogP contribution >= 0.6 is 0 Å². The molecule has 1 aliphatic rings. The van der Waals surface area contributed by atoms with Gasteiger partial charge in [0.05, 0.1) is 12.2 Å². The zero-order valence-corrected chi connectivity index (χ0v) is 19.2. The lowest BCUT2D eigenvalue weighted by atomic mass is 9.97. The molecule has 1 aliphatic heterocycles. The van der Waals surface area contributed by atoms with Crippen LogP contribution in [0.5, 0.6) is 0 Å². The van der Waals surface area contributed by atoms with Crippen LogP contribution in [-0.4, -0.2) is 39.1 Å². The van der Waals surface area contributed by atoms with Gasteiger partial charge in [-0.15, -0.1) is 12.3 Å². The van der Waals surface area contributed by atoms with Crippen LogP contribution in [-0.2, 0) is 9.59 Å². The number of terminal acetylenes is 1. The summed E-state index contributed by atoms with van der Waals surface area (Å²) < 4.78 is 28.3. The summed E-state index contributed by atoms with van der Waals surface area (Å²) in [6.07, 6.45) is 10.3. The molecule has 0 bridgehead atoms. The van der Waals surface area contributed by atoms with Crippen molar-refractivity contribution in [1.82, 2.24) is 20.4 Å². The van der Waals surface area contributed by atoms with Crippen LogP contribution in [0.15, 0.2) is 40.8 Å². The number of amides is 2. The van der Waals surface area contributed by atoms with E-state index in [0.29, 0.717) is 37.8 Å². The maximum atomic E-state index is 14.7. The number of carbonyl (C=O) groups is 2. The van der Waals surface area contributed by atoms with Gasteiger partial charge in [-0.05, 0) is 19.4 Å². The highest BCUT2D eigenvalue weighted by Crippen LogP contribution is 2.39. The zero-order chi connectivity index (χ0) is 24.7. The van der Waals surface area contributed by atoms with Gasteiger partial charge in [0, 0.05) is 55.6 Å². The molecule has 180 valence electrons. The Morgan fingerprint density at radius 3 is 2.65 bits per heavy atom. The first kappa shape index (κ1) is 25.0. The van der Waals surface area contributed by atoms with Gasteiger partial charge in [0.15, 0.2) is 5.66 Å². The summed E-state index contributed by atoms with van der Waals surface area (Å²) in [5, 5.41) is 17.5. The average molecular weight is 471 g/mol. The largest absolute Gasteiger partial charge is 0.354 e. The lowest BCUT2D eigenvalue weighted by molar-refractivity contribution is -0.143. The number of benzene rings is 1. The van der Waals surface area contributed by atoms with Gasteiger partial charge in [0.25, 0.3) is 0 Å². The summed E-state index contributed by atoms with van der Waals surface area (Å²) in [6.45, 7) is 3.92. The second kappa shape index (κ2) is 11.0. The van der Waals surface area contributed by atoms with Crippen molar-refractivity contribution in [2.45, 2.75) is 63.7 Å². The number of rotatable bonds is 12. The van der Waals surface area contributed by atoms with Crippen molar-refractivity contribution in [2.24, 2.45) is 10.2 Å². The van der Waals surface area contributed by atoms with Gasteiger partial charge in [-0.2, -0.15) is 15.3 Å². The Labute approximate surface area is 197 Å². The van der Waals surface area contributed by atoms with Crippen LogP contribution in [0.4, 0.5) is 8.78 Å². The number of hydrogen-bond acceptors (Lipinski definition) is 5. The number of aromatic nitrogens is 2. The molecule has 34 heavy (non-hydrogen) atoms. The Balaban J connectivity index is 1.95. The van der Waals surface area contributed by atoms with E-state index in [1.54, 1.807) is 6.92 Å². The van der Waals surface area contributed by atoms with Crippen molar-refractivity contribution < 1.29 is 18.4 Å². The van der Waals surface area contributed by atoms with Crippen molar-refractivity contribution >= 4 is 11.8 Å². The van der Waals surface area contributed by atoms with Gasteiger partial charge in [0.1, 0.15) is 17.7 Å². The number of aromatic amines is 1. The van der Waals surface area contributed by atoms with E-state index in [2.05, 4.69) is 31.7 Å². The van der Waals surface area contributed by atoms with E-state index in [0.717, 1.165) is 12.1 Å². The summed E-state index contributed by atoms with van der Waals surface area (Å²) in [7, 11) is 0. The van der Waals surface area contributed by atoms with Crippen LogP contribution in [0.3, 0.4) is 0 Å². The number of carbonyl (C=O) groups excluding carboxylic acids is 2. The molecule has 1 aromatic carbocycles. The summed E-state index contributed by atoms with van der Waals surface area (Å²) in [5.41, 5.74) is -0.151. The molecule has 0 aliphatic carbocycles. The lowest BCUT2D eigenvalue weighted by Gasteiger charge is -2.36. The molecule has 2 N–H and O–H groups in total. The number of halogens is 2. The number of nitrogens with zero attached hydrogens (tertiary/aromatic N) is 4. The first-order valence-corrected chi connectivity index (χ1v) is 11.2. The standard InChI is InChI=1S/C24H28F2N6O2/c1-4-6-10-24(30-31-24)11-9-21(33)32(16(3)19-8-7-18(25)13-20(19)26)22(17-14-28-29-15-17)23(34)27-12-5-2/h1,7-8,13-16,22H,5-6,9-12H2,2-3H3,(H,27,34)(H,28,29)/t16-,22?/m0/s1. The van der Waals surface area contributed by atoms with Crippen LogP contribution in [0.1, 0.15) is 69.2 Å². The lowest BCUT2D eigenvalue weighted by Crippen LogP contribution is -2.45. The molecule has 2 aromatic rings. The van der Waals surface area contributed by atoms with Gasteiger partial charge >= 0.3 is 0 Å². The Morgan fingerprint density at radius 1 is 1.29 bits per heavy atom. The predicted octanol–water partition coefficient (Wildman–Crippen LogP) is 4.20. The van der Waals surface area contributed by atoms with Crippen LogP contribution in [0.25, 0.3) is 0 Å². The fraction of sp³-hybridized carbons (Fsp3) is 0.458. The summed E-state index contributed by atoms with van der Waals surface area (Å²) in [6, 6.07) is 1.21. The van der Waals surface area contributed by atoms with Gasteiger partial charge < -0.3 is 10.2 Å². The molecule has 2 amide bonds. The Bertz CT molecular complexity index is 1070. The van der Waals surface area contributed by atoms with Crippen molar-refractivity contribution in [3.05, 3.63) is 53.4 Å². The van der Waals surface area contributed by atoms with Crippen molar-refractivity contribution in [3.63, 3.8) is 0 Å². The summed E-state index contributed by atoms with van der Waals surface area (Å²) in [5.74, 6) is 0.192. The minimum atomic E-state index is -1.08. The average Bonchev–Trinajstić information content (AvgIpc) is 3.38. The Hall–Kier alpha value is -3.61. The third kappa shape index (κ3) is 5.84. The second-order valence-electron chi connectivity index (χ2n) is 8.25. The smallest absolute Gasteiger partial charge is 0.247 e. The predicted molar refractivity (Wildman–Crippen MR) is 121 cm³/mol. The topological polar surface area (TPSA) is 103 Å². The molecule has 0 spiro atoms. The van der Waals surface area contributed by atoms with E-state index in [9.17, 15) is 18.4 Å². The molecule has 1 aromatic heterocycles. The molecule has 3 rings (SSSR count). The molecule has 0 saturated carbocycles. The third-order valence-electron chi connectivity index (χ3n) is 5.82. The molecule has 0 radical (unpaired) electrons. The minimum Gasteiger partial charge on any atom is -0.354 e. The van der Waals surface area contributed by atoms with E-state index < -0.39 is 41.2 Å². The van der Waals surface area contributed by atoms with Crippen molar-refractivity contribution in [1.29, 1.82) is 0 Å². The first-order chi connectivity index (χ1) is 16.3. The van der Waals surface area contributed by atoms with Gasteiger partial charge in [-0.3, -0.25) is 14.7 Å². The van der Waals surface area contributed by atoms with Crippen LogP contribution in [0.2, 0.25) is 0 Å². The second-order valence-corrected chi connectivity index (χ2v) is 8.25. The molecule has 2 atom stereocenters. The summed E-state index contributed by atoms with van der Waals surface area (Å²) in [4.78, 5) is 28.1. The van der Waals surface area contributed by atoms with Crippen molar-refractivity contribution in [2.75, 3.05) is 6.54 Å². The van der Waals surface area contributed by atoms with Gasteiger partial charge in [0.2, 0.25) is 11.8 Å². The van der Waals surface area contributed by atoms with E-state index >= 15 is 0 Å². The monoisotopic (exact) mass is 470 g/mol. The SMILES string of the molecule is C#CCCC1(CCC(=O)N(C(C(=O)NCCC)c2cn[nH]c2)[C@@H](C)c2ccc(F)cc2F)N=N1. The van der Waals surface area contributed by atoms with Crippen LogP contribution in [0, 0.1) is 24.0 Å². The highest BCUT2D eigenvalue weighted by molar-refractivity contribution is 5.89. The highest BCUT2D eigenvalue weighted by atomic mass is 19.1. The van der Waals surface area contributed by atoms with Gasteiger partial charge in [-0.25, -0.2) is 8.78 Å². The molecular weight excluding hydrogens is 442 g/mol. The number of hydrogen-bond donors (Lipinski definition) is 2. The minimum absolute atomic E-state index is 0.0140. The molecule has 0 saturated heterocycles. The molecule has 1 unspecified atom stereocenters. The fourth-order valence-corrected chi connectivity index (χ4v) is 3.87. The molecular formula is C24H28F2N6O2. The quantitative estimate of drug-likeness (QED) is 0.455. The van der Waals surface area contributed by atoms with Crippen LogP contribution < -0.4 is 5.32 Å². The molecule has 8 nitrogen and oxygen atoms in total. The highest BCUT2D eigenvalue weighted by Gasteiger charge is 2.42. The Morgan fingerprint density at radius 2 is 2.06 bits per heavy atom. The first-order valence-electron chi connectivity index (χ1n) is 11.2. The summed E-state index contributed by atoms with van der Waals surface area (Å²) >= 11 is 0.